The maximum Gasteiger partial charge on any atom is 0.323 e. The first-order chi connectivity index (χ1) is 12.3. The fourth-order valence-corrected chi connectivity index (χ4v) is 3.34. The Morgan fingerprint density at radius 3 is 2.00 bits per heavy atom. The van der Waals surface area contributed by atoms with Crippen molar-refractivity contribution in [2.24, 2.45) is 0 Å². The highest BCUT2D eigenvalue weighted by Gasteiger charge is 2.26. The second kappa shape index (κ2) is 9.38. The number of esters is 1. The summed E-state index contributed by atoms with van der Waals surface area (Å²) in [7, 11) is 0. The van der Waals surface area contributed by atoms with Crippen molar-refractivity contribution in [1.82, 2.24) is 5.32 Å². The predicted molar refractivity (Wildman–Crippen MR) is 100 cm³/mol. The lowest BCUT2D eigenvalue weighted by molar-refractivity contribution is -0.151. The van der Waals surface area contributed by atoms with Crippen LogP contribution in [0.25, 0.3) is 0 Å². The van der Waals surface area contributed by atoms with E-state index in [0.717, 1.165) is 45.1 Å². The predicted octanol–water partition coefficient (Wildman–Crippen LogP) is 3.92. The molecule has 0 aromatic heterocycles. The van der Waals surface area contributed by atoms with Crippen molar-refractivity contribution < 1.29 is 9.53 Å². The Morgan fingerprint density at radius 1 is 0.960 bits per heavy atom. The first-order valence-electron chi connectivity index (χ1n) is 9.33. The first kappa shape index (κ1) is 17.7. The second-order valence-corrected chi connectivity index (χ2v) is 6.76. The average molecular weight is 337 g/mol. The Hall–Kier alpha value is -2.13. The molecule has 0 spiro atoms. The number of rotatable bonds is 8. The number of aryl methyl sites for hydroxylation is 2. The van der Waals surface area contributed by atoms with Crippen LogP contribution in [-0.4, -0.2) is 24.7 Å². The van der Waals surface area contributed by atoms with Crippen molar-refractivity contribution in [3.8, 4) is 0 Å². The SMILES string of the molecule is O=C(OC(CCc1ccccc1)CCc1ccccc1)C1CCCN1. The van der Waals surface area contributed by atoms with E-state index >= 15 is 0 Å². The lowest BCUT2D eigenvalue weighted by Gasteiger charge is -2.20. The number of benzene rings is 2. The van der Waals surface area contributed by atoms with Crippen LogP contribution in [0.2, 0.25) is 0 Å². The molecule has 3 rings (SSSR count). The highest BCUT2D eigenvalue weighted by atomic mass is 16.5. The number of hydrogen-bond acceptors (Lipinski definition) is 3. The fraction of sp³-hybridized carbons (Fsp3) is 0.409. The van der Waals surface area contributed by atoms with Gasteiger partial charge in [-0.05, 0) is 56.2 Å². The van der Waals surface area contributed by atoms with Gasteiger partial charge in [0.05, 0.1) is 0 Å². The summed E-state index contributed by atoms with van der Waals surface area (Å²) in [5.74, 6) is -0.0800. The number of ether oxygens (including phenoxy) is 1. The Labute approximate surface area is 150 Å². The molecule has 1 aliphatic heterocycles. The van der Waals surface area contributed by atoms with E-state index in [1.165, 1.54) is 11.1 Å². The van der Waals surface area contributed by atoms with E-state index in [2.05, 4.69) is 53.8 Å². The van der Waals surface area contributed by atoms with Crippen molar-refractivity contribution in [2.75, 3.05) is 6.54 Å². The van der Waals surface area contributed by atoms with Gasteiger partial charge in [-0.3, -0.25) is 4.79 Å². The van der Waals surface area contributed by atoms with Gasteiger partial charge in [0.15, 0.2) is 0 Å². The molecule has 2 aromatic carbocycles. The standard InChI is InChI=1S/C22H27NO2/c24-22(21-12-7-17-23-21)25-20(15-13-18-8-3-1-4-9-18)16-14-19-10-5-2-6-11-19/h1-6,8-11,20-21,23H,7,12-17H2. The van der Waals surface area contributed by atoms with Gasteiger partial charge in [-0.25, -0.2) is 0 Å². The van der Waals surface area contributed by atoms with Crippen LogP contribution in [0, 0.1) is 0 Å². The largest absolute Gasteiger partial charge is 0.461 e. The third-order valence-electron chi connectivity index (χ3n) is 4.82. The van der Waals surface area contributed by atoms with Gasteiger partial charge >= 0.3 is 5.97 Å². The summed E-state index contributed by atoms with van der Waals surface area (Å²) in [6, 6.07) is 20.7. The van der Waals surface area contributed by atoms with Crippen LogP contribution in [0.15, 0.2) is 60.7 Å². The highest BCUT2D eigenvalue weighted by Crippen LogP contribution is 2.16. The summed E-state index contributed by atoms with van der Waals surface area (Å²) in [4.78, 5) is 12.4. The van der Waals surface area contributed by atoms with Gasteiger partial charge in [0.2, 0.25) is 0 Å². The minimum atomic E-state index is -0.115. The lowest BCUT2D eigenvalue weighted by Crippen LogP contribution is -2.35. The molecule has 0 amide bonds. The molecular weight excluding hydrogens is 310 g/mol. The molecule has 1 N–H and O–H groups in total. The van der Waals surface area contributed by atoms with Gasteiger partial charge in [0.25, 0.3) is 0 Å². The van der Waals surface area contributed by atoms with Gasteiger partial charge < -0.3 is 10.1 Å². The molecule has 1 aliphatic rings. The number of carbonyl (C=O) groups is 1. The van der Waals surface area contributed by atoms with Crippen molar-refractivity contribution >= 4 is 5.97 Å². The van der Waals surface area contributed by atoms with Crippen LogP contribution < -0.4 is 5.32 Å². The fourth-order valence-electron chi connectivity index (χ4n) is 3.34. The van der Waals surface area contributed by atoms with Crippen molar-refractivity contribution in [3.63, 3.8) is 0 Å². The van der Waals surface area contributed by atoms with Crippen LogP contribution in [0.4, 0.5) is 0 Å². The van der Waals surface area contributed by atoms with Crippen LogP contribution in [-0.2, 0) is 22.4 Å². The minimum Gasteiger partial charge on any atom is -0.461 e. The molecule has 3 nitrogen and oxygen atoms in total. The smallest absolute Gasteiger partial charge is 0.323 e. The maximum absolute atomic E-state index is 12.4. The number of hydrogen-bond donors (Lipinski definition) is 1. The Bertz CT molecular complexity index is 592. The third-order valence-corrected chi connectivity index (χ3v) is 4.82. The van der Waals surface area contributed by atoms with Crippen LogP contribution >= 0.6 is 0 Å². The van der Waals surface area contributed by atoms with Gasteiger partial charge in [-0.15, -0.1) is 0 Å². The van der Waals surface area contributed by atoms with E-state index in [1.807, 2.05) is 12.1 Å². The molecule has 3 heteroatoms. The summed E-state index contributed by atoms with van der Waals surface area (Å²) in [5.41, 5.74) is 2.59. The average Bonchev–Trinajstić information content (AvgIpc) is 3.20. The molecule has 1 unspecified atom stereocenters. The Balaban J connectivity index is 1.56. The zero-order valence-corrected chi connectivity index (χ0v) is 14.7. The van der Waals surface area contributed by atoms with Gasteiger partial charge in [-0.2, -0.15) is 0 Å². The molecule has 1 fully saturated rings. The van der Waals surface area contributed by atoms with E-state index in [-0.39, 0.29) is 18.1 Å². The van der Waals surface area contributed by atoms with E-state index < -0.39 is 0 Å². The van der Waals surface area contributed by atoms with Gasteiger partial charge in [0, 0.05) is 0 Å². The monoisotopic (exact) mass is 337 g/mol. The van der Waals surface area contributed by atoms with E-state index in [0.29, 0.717) is 0 Å². The molecule has 132 valence electrons. The third kappa shape index (κ3) is 5.71. The molecule has 2 aromatic rings. The molecule has 25 heavy (non-hydrogen) atoms. The Kier molecular flexibility index (Phi) is 6.63. The molecule has 1 atom stereocenters. The van der Waals surface area contributed by atoms with Gasteiger partial charge in [0.1, 0.15) is 12.1 Å². The van der Waals surface area contributed by atoms with Crippen molar-refractivity contribution in [3.05, 3.63) is 71.8 Å². The van der Waals surface area contributed by atoms with E-state index in [9.17, 15) is 4.79 Å². The quantitative estimate of drug-likeness (QED) is 0.742. The summed E-state index contributed by atoms with van der Waals surface area (Å²) in [5, 5.41) is 3.23. The lowest BCUT2D eigenvalue weighted by atomic mass is 10.0. The van der Waals surface area contributed by atoms with Crippen LogP contribution in [0.5, 0.6) is 0 Å². The zero-order chi connectivity index (χ0) is 17.3. The van der Waals surface area contributed by atoms with Gasteiger partial charge in [-0.1, -0.05) is 60.7 Å². The normalized spacial score (nSPS) is 16.9. The van der Waals surface area contributed by atoms with E-state index in [1.54, 1.807) is 0 Å². The minimum absolute atomic E-state index is 0.0321. The Morgan fingerprint density at radius 2 is 1.52 bits per heavy atom. The molecule has 0 aliphatic carbocycles. The molecule has 1 saturated heterocycles. The van der Waals surface area contributed by atoms with Crippen LogP contribution in [0.3, 0.4) is 0 Å². The first-order valence-corrected chi connectivity index (χ1v) is 9.33. The summed E-state index contributed by atoms with van der Waals surface area (Å²) in [6.45, 7) is 0.915. The molecular formula is C22H27NO2. The zero-order valence-electron chi connectivity index (χ0n) is 14.7. The summed E-state index contributed by atoms with van der Waals surface area (Å²) in [6.07, 6.45) is 5.53. The summed E-state index contributed by atoms with van der Waals surface area (Å²) < 4.78 is 5.88. The van der Waals surface area contributed by atoms with E-state index in [4.69, 9.17) is 4.74 Å². The molecule has 0 radical (unpaired) electrons. The highest BCUT2D eigenvalue weighted by molar-refractivity contribution is 5.76. The maximum atomic E-state index is 12.4. The van der Waals surface area contributed by atoms with Crippen molar-refractivity contribution in [2.45, 2.75) is 50.7 Å². The number of nitrogens with one attached hydrogen (secondary N) is 1. The summed E-state index contributed by atoms with van der Waals surface area (Å²) >= 11 is 0. The second-order valence-electron chi connectivity index (χ2n) is 6.76. The van der Waals surface area contributed by atoms with Crippen LogP contribution in [0.1, 0.15) is 36.8 Å². The topological polar surface area (TPSA) is 38.3 Å². The van der Waals surface area contributed by atoms with Crippen molar-refractivity contribution in [1.29, 1.82) is 0 Å². The molecule has 0 bridgehead atoms. The molecule has 0 saturated carbocycles. The molecule has 1 heterocycles. The number of carbonyl (C=O) groups excluding carboxylic acids is 1.